The van der Waals surface area contributed by atoms with Crippen molar-refractivity contribution in [3.63, 3.8) is 0 Å². The minimum atomic E-state index is -4.94. The Morgan fingerprint density at radius 1 is 1.33 bits per heavy atom. The molecule has 0 N–H and O–H groups in total. The third-order valence-electron chi connectivity index (χ3n) is 2.00. The Morgan fingerprint density at radius 2 is 1.94 bits per heavy atom. The van der Waals surface area contributed by atoms with Crippen molar-refractivity contribution in [1.82, 2.24) is 4.98 Å². The summed E-state index contributed by atoms with van der Waals surface area (Å²) in [6, 6.07) is 0. The summed E-state index contributed by atoms with van der Waals surface area (Å²) in [5.74, 6) is -1.89. The zero-order valence-corrected chi connectivity index (χ0v) is 9.79. The highest BCUT2D eigenvalue weighted by Gasteiger charge is 2.35. The normalized spacial score (nSPS) is 11.0. The summed E-state index contributed by atoms with van der Waals surface area (Å²) in [6.45, 7) is 1.47. The Labute approximate surface area is 100 Å². The fraction of sp³-hybridized carbons (Fsp3) is 0.400. The van der Waals surface area contributed by atoms with E-state index < -0.39 is 23.6 Å². The molecule has 0 unspecified atom stereocenters. The molecule has 5 nitrogen and oxygen atoms in total. The number of halogens is 3. The number of methoxy groups -OCH3 is 2. The van der Waals surface area contributed by atoms with Crippen LogP contribution in [0, 0.1) is 6.92 Å². The van der Waals surface area contributed by atoms with E-state index in [1.165, 1.54) is 14.0 Å². The maximum absolute atomic E-state index is 12.2. The van der Waals surface area contributed by atoms with Gasteiger partial charge < -0.3 is 14.2 Å². The van der Waals surface area contributed by atoms with Crippen LogP contribution in [0.1, 0.15) is 16.1 Å². The SMILES string of the molecule is COC(=O)c1c(OC(F)(F)F)cnc(C)c1OC. The molecule has 0 spiro atoms. The fourth-order valence-electron chi connectivity index (χ4n) is 1.32. The van der Waals surface area contributed by atoms with Crippen LogP contribution in [-0.2, 0) is 4.74 Å². The Kier molecular flexibility index (Phi) is 4.00. The van der Waals surface area contributed by atoms with Gasteiger partial charge in [-0.15, -0.1) is 13.2 Å². The molecular formula is C10H10F3NO4. The van der Waals surface area contributed by atoms with Gasteiger partial charge in [0.2, 0.25) is 0 Å². The summed E-state index contributed by atoms with van der Waals surface area (Å²) in [5, 5.41) is 0. The van der Waals surface area contributed by atoms with E-state index in [4.69, 9.17) is 4.74 Å². The lowest BCUT2D eigenvalue weighted by Gasteiger charge is -2.15. The quantitative estimate of drug-likeness (QED) is 0.783. The Morgan fingerprint density at radius 3 is 2.39 bits per heavy atom. The Bertz CT molecular complexity index is 459. The highest BCUT2D eigenvalue weighted by Crippen LogP contribution is 2.33. The molecule has 0 atom stereocenters. The summed E-state index contributed by atoms with van der Waals surface area (Å²) in [6.07, 6.45) is -4.15. The van der Waals surface area contributed by atoms with Crippen molar-refractivity contribution in [2.24, 2.45) is 0 Å². The van der Waals surface area contributed by atoms with Crippen LogP contribution in [0.4, 0.5) is 13.2 Å². The molecule has 1 heterocycles. The molecule has 0 bridgehead atoms. The van der Waals surface area contributed by atoms with Gasteiger partial charge in [0, 0.05) is 0 Å². The monoisotopic (exact) mass is 265 g/mol. The van der Waals surface area contributed by atoms with Gasteiger partial charge in [-0.2, -0.15) is 0 Å². The molecule has 0 amide bonds. The van der Waals surface area contributed by atoms with Crippen LogP contribution in [0.2, 0.25) is 0 Å². The van der Waals surface area contributed by atoms with Gasteiger partial charge in [0.05, 0.1) is 26.1 Å². The molecule has 1 rings (SSSR count). The summed E-state index contributed by atoms with van der Waals surface area (Å²) in [7, 11) is 2.24. The maximum Gasteiger partial charge on any atom is 0.573 e. The molecular weight excluding hydrogens is 255 g/mol. The summed E-state index contributed by atoms with van der Waals surface area (Å²) in [4.78, 5) is 15.1. The molecule has 0 fully saturated rings. The third kappa shape index (κ3) is 3.02. The molecule has 1 aromatic rings. The molecule has 100 valence electrons. The van der Waals surface area contributed by atoms with E-state index in [1.54, 1.807) is 0 Å². The smallest absolute Gasteiger partial charge is 0.494 e. The molecule has 0 radical (unpaired) electrons. The topological polar surface area (TPSA) is 57.7 Å². The second-order valence-electron chi connectivity index (χ2n) is 3.16. The number of ether oxygens (including phenoxy) is 3. The van der Waals surface area contributed by atoms with Gasteiger partial charge in [-0.05, 0) is 6.92 Å². The van der Waals surface area contributed by atoms with Crippen LogP contribution in [0.25, 0.3) is 0 Å². The minimum Gasteiger partial charge on any atom is -0.494 e. The van der Waals surface area contributed by atoms with Gasteiger partial charge in [0.1, 0.15) is 5.56 Å². The van der Waals surface area contributed by atoms with Gasteiger partial charge in [-0.3, -0.25) is 4.98 Å². The standard InChI is InChI=1S/C10H10F3NO4/c1-5-8(16-2)7(9(15)17-3)6(4-14-5)18-10(11,12)13/h4H,1-3H3. The fourth-order valence-corrected chi connectivity index (χ4v) is 1.32. The molecule has 0 aliphatic rings. The van der Waals surface area contributed by atoms with Crippen molar-refractivity contribution in [1.29, 1.82) is 0 Å². The van der Waals surface area contributed by atoms with Crippen molar-refractivity contribution in [2.75, 3.05) is 14.2 Å². The summed E-state index contributed by atoms with van der Waals surface area (Å²) < 4.78 is 49.5. The van der Waals surface area contributed by atoms with Crippen molar-refractivity contribution in [3.05, 3.63) is 17.5 Å². The molecule has 1 aromatic heterocycles. The highest BCUT2D eigenvalue weighted by molar-refractivity contribution is 5.95. The second-order valence-corrected chi connectivity index (χ2v) is 3.16. The van der Waals surface area contributed by atoms with E-state index in [0.29, 0.717) is 0 Å². The number of aryl methyl sites for hydroxylation is 1. The van der Waals surface area contributed by atoms with Crippen molar-refractivity contribution in [2.45, 2.75) is 13.3 Å². The first kappa shape index (κ1) is 14.1. The highest BCUT2D eigenvalue weighted by atomic mass is 19.4. The number of esters is 1. The zero-order valence-electron chi connectivity index (χ0n) is 9.79. The number of carbonyl (C=O) groups is 1. The number of hydrogen-bond acceptors (Lipinski definition) is 5. The van der Waals surface area contributed by atoms with Gasteiger partial charge in [-0.25, -0.2) is 4.79 Å². The molecule has 0 saturated carbocycles. The van der Waals surface area contributed by atoms with Crippen molar-refractivity contribution < 1.29 is 32.2 Å². The van der Waals surface area contributed by atoms with Crippen LogP contribution in [-0.4, -0.2) is 31.5 Å². The minimum absolute atomic E-state index is 0.122. The lowest BCUT2D eigenvalue weighted by molar-refractivity contribution is -0.274. The number of rotatable bonds is 3. The van der Waals surface area contributed by atoms with Crippen LogP contribution < -0.4 is 9.47 Å². The number of aromatic nitrogens is 1. The number of nitrogens with zero attached hydrogens (tertiary/aromatic N) is 1. The lowest BCUT2D eigenvalue weighted by Crippen LogP contribution is -2.20. The van der Waals surface area contributed by atoms with E-state index in [9.17, 15) is 18.0 Å². The van der Waals surface area contributed by atoms with Crippen LogP contribution >= 0.6 is 0 Å². The maximum atomic E-state index is 12.2. The van der Waals surface area contributed by atoms with E-state index in [-0.39, 0.29) is 11.4 Å². The number of carbonyl (C=O) groups excluding carboxylic acids is 1. The molecule has 8 heteroatoms. The van der Waals surface area contributed by atoms with Gasteiger partial charge in [0.25, 0.3) is 0 Å². The van der Waals surface area contributed by atoms with E-state index in [1.807, 2.05) is 0 Å². The van der Waals surface area contributed by atoms with E-state index in [2.05, 4.69) is 14.5 Å². The number of pyridine rings is 1. The first-order valence-corrected chi connectivity index (χ1v) is 4.67. The number of hydrogen-bond donors (Lipinski definition) is 0. The Balaban J connectivity index is 3.38. The molecule has 0 aliphatic carbocycles. The van der Waals surface area contributed by atoms with Crippen LogP contribution in [0.15, 0.2) is 6.20 Å². The van der Waals surface area contributed by atoms with Crippen molar-refractivity contribution in [3.8, 4) is 11.5 Å². The second kappa shape index (κ2) is 5.11. The molecule has 0 saturated heterocycles. The van der Waals surface area contributed by atoms with Gasteiger partial charge in [-0.1, -0.05) is 0 Å². The first-order valence-electron chi connectivity index (χ1n) is 4.67. The van der Waals surface area contributed by atoms with E-state index >= 15 is 0 Å². The molecule has 0 aromatic carbocycles. The average molecular weight is 265 g/mol. The average Bonchev–Trinajstić information content (AvgIpc) is 2.28. The molecule has 0 aliphatic heterocycles. The van der Waals surface area contributed by atoms with Gasteiger partial charge in [0.15, 0.2) is 11.5 Å². The Hall–Kier alpha value is -1.99. The van der Waals surface area contributed by atoms with Crippen LogP contribution in [0.5, 0.6) is 11.5 Å². The van der Waals surface area contributed by atoms with Crippen molar-refractivity contribution >= 4 is 5.97 Å². The summed E-state index contributed by atoms with van der Waals surface area (Å²) in [5.41, 5.74) is -0.211. The van der Waals surface area contributed by atoms with E-state index in [0.717, 1.165) is 13.3 Å². The first-order chi connectivity index (χ1) is 8.30. The molecule has 18 heavy (non-hydrogen) atoms. The zero-order chi connectivity index (χ0) is 13.9. The number of alkyl halides is 3. The predicted molar refractivity (Wildman–Crippen MR) is 53.5 cm³/mol. The van der Waals surface area contributed by atoms with Gasteiger partial charge >= 0.3 is 12.3 Å². The largest absolute Gasteiger partial charge is 0.573 e. The summed E-state index contributed by atoms with van der Waals surface area (Å²) >= 11 is 0. The van der Waals surface area contributed by atoms with Crippen LogP contribution in [0.3, 0.4) is 0 Å². The lowest BCUT2D eigenvalue weighted by atomic mass is 10.2. The third-order valence-corrected chi connectivity index (χ3v) is 2.00. The predicted octanol–water partition coefficient (Wildman–Crippen LogP) is 2.08.